The average Bonchev–Trinajstić information content (AvgIpc) is 2.83. The van der Waals surface area contributed by atoms with Gasteiger partial charge in [-0.2, -0.15) is 0 Å². The van der Waals surface area contributed by atoms with Crippen molar-refractivity contribution in [2.45, 2.75) is 36.9 Å². The van der Waals surface area contributed by atoms with E-state index in [1.807, 2.05) is 0 Å². The fourth-order valence-electron chi connectivity index (χ4n) is 2.14. The maximum atomic E-state index is 11.6. The number of anilines is 1. The van der Waals surface area contributed by atoms with E-state index < -0.39 is 10.0 Å². The molecule has 1 saturated heterocycles. The monoisotopic (exact) mass is 284 g/mol. The number of benzene rings is 1. The Balaban J connectivity index is 1.92. The lowest BCUT2D eigenvalue weighted by Gasteiger charge is -2.13. The van der Waals surface area contributed by atoms with E-state index in [-0.39, 0.29) is 11.0 Å². The van der Waals surface area contributed by atoms with E-state index in [0.29, 0.717) is 6.10 Å². The summed E-state index contributed by atoms with van der Waals surface area (Å²) >= 11 is 0. The Bertz CT molecular complexity index is 513. The molecule has 106 valence electrons. The van der Waals surface area contributed by atoms with E-state index in [4.69, 9.17) is 4.74 Å². The van der Waals surface area contributed by atoms with Crippen LogP contribution in [0.5, 0.6) is 0 Å². The minimum absolute atomic E-state index is 0.246. The van der Waals surface area contributed by atoms with Crippen molar-refractivity contribution < 1.29 is 13.2 Å². The second-order valence-corrected chi connectivity index (χ2v) is 6.65. The van der Waals surface area contributed by atoms with Crippen LogP contribution in [0.2, 0.25) is 0 Å². The van der Waals surface area contributed by atoms with E-state index in [0.717, 1.165) is 25.1 Å². The highest BCUT2D eigenvalue weighted by Crippen LogP contribution is 2.20. The standard InChI is InChI=1S/C13H20N2O3S/c1-10-3-6-12(18-10)9-15-11-4-7-13(8-5-11)19(16,17)14-2/h4-5,7-8,10,12,14-15H,3,6,9H2,1-2H3. The van der Waals surface area contributed by atoms with Crippen molar-refractivity contribution in [1.82, 2.24) is 4.72 Å². The van der Waals surface area contributed by atoms with Crippen molar-refractivity contribution >= 4 is 15.7 Å². The lowest BCUT2D eigenvalue weighted by molar-refractivity contribution is 0.0637. The van der Waals surface area contributed by atoms with Crippen LogP contribution in [0.3, 0.4) is 0 Å². The predicted molar refractivity (Wildman–Crippen MR) is 74.7 cm³/mol. The zero-order valence-corrected chi connectivity index (χ0v) is 12.0. The van der Waals surface area contributed by atoms with Crippen LogP contribution in [0.15, 0.2) is 29.2 Å². The van der Waals surface area contributed by atoms with Crippen LogP contribution in [0, 0.1) is 0 Å². The molecular formula is C13H20N2O3S. The summed E-state index contributed by atoms with van der Waals surface area (Å²) in [4.78, 5) is 0.270. The Morgan fingerprint density at radius 2 is 1.95 bits per heavy atom. The molecule has 0 saturated carbocycles. The lowest BCUT2D eigenvalue weighted by atomic mass is 10.2. The Labute approximate surface area is 114 Å². The number of sulfonamides is 1. The van der Waals surface area contributed by atoms with Gasteiger partial charge in [0.2, 0.25) is 10.0 Å². The van der Waals surface area contributed by atoms with E-state index >= 15 is 0 Å². The SMILES string of the molecule is CNS(=O)(=O)c1ccc(NCC2CCC(C)O2)cc1. The summed E-state index contributed by atoms with van der Waals surface area (Å²) in [7, 11) is -1.95. The number of rotatable bonds is 5. The van der Waals surface area contributed by atoms with Gasteiger partial charge in [-0.3, -0.25) is 0 Å². The molecule has 19 heavy (non-hydrogen) atoms. The lowest BCUT2D eigenvalue weighted by Crippen LogP contribution is -2.20. The third-order valence-electron chi connectivity index (χ3n) is 3.29. The number of hydrogen-bond acceptors (Lipinski definition) is 4. The normalized spacial score (nSPS) is 23.5. The topological polar surface area (TPSA) is 67.4 Å². The van der Waals surface area contributed by atoms with E-state index in [1.165, 1.54) is 7.05 Å². The Hall–Kier alpha value is -1.11. The maximum Gasteiger partial charge on any atom is 0.240 e. The summed E-state index contributed by atoms with van der Waals surface area (Å²) in [6.07, 6.45) is 2.76. The van der Waals surface area contributed by atoms with Crippen LogP contribution in [0.25, 0.3) is 0 Å². The molecule has 0 bridgehead atoms. The van der Waals surface area contributed by atoms with Gasteiger partial charge in [0.25, 0.3) is 0 Å². The van der Waals surface area contributed by atoms with Crippen molar-refractivity contribution in [1.29, 1.82) is 0 Å². The summed E-state index contributed by atoms with van der Waals surface area (Å²) in [6.45, 7) is 2.83. The number of hydrogen-bond donors (Lipinski definition) is 2. The minimum Gasteiger partial charge on any atom is -0.382 e. The molecule has 2 unspecified atom stereocenters. The first-order valence-electron chi connectivity index (χ1n) is 6.44. The molecule has 0 spiro atoms. The van der Waals surface area contributed by atoms with E-state index in [1.54, 1.807) is 24.3 Å². The van der Waals surface area contributed by atoms with E-state index in [2.05, 4.69) is 17.0 Å². The highest BCUT2D eigenvalue weighted by atomic mass is 32.2. The average molecular weight is 284 g/mol. The van der Waals surface area contributed by atoms with Crippen molar-refractivity contribution in [3.63, 3.8) is 0 Å². The molecule has 1 aliphatic heterocycles. The van der Waals surface area contributed by atoms with Crippen molar-refractivity contribution in [3.8, 4) is 0 Å². The van der Waals surface area contributed by atoms with E-state index in [9.17, 15) is 8.42 Å². The molecule has 1 aliphatic rings. The predicted octanol–water partition coefficient (Wildman–Crippen LogP) is 1.57. The molecular weight excluding hydrogens is 264 g/mol. The third kappa shape index (κ3) is 3.68. The fourth-order valence-corrected chi connectivity index (χ4v) is 2.87. The van der Waals surface area contributed by atoms with Gasteiger partial charge >= 0.3 is 0 Å². The first kappa shape index (κ1) is 14.3. The summed E-state index contributed by atoms with van der Waals surface area (Å²) in [6, 6.07) is 6.71. The largest absolute Gasteiger partial charge is 0.382 e. The maximum absolute atomic E-state index is 11.6. The van der Waals surface area contributed by atoms with Gasteiger partial charge in [0.1, 0.15) is 0 Å². The molecule has 2 atom stereocenters. The molecule has 2 N–H and O–H groups in total. The van der Waals surface area contributed by atoms with Gasteiger partial charge in [-0.25, -0.2) is 13.1 Å². The molecule has 0 aliphatic carbocycles. The highest BCUT2D eigenvalue weighted by molar-refractivity contribution is 7.89. The molecule has 0 amide bonds. The first-order chi connectivity index (χ1) is 9.01. The highest BCUT2D eigenvalue weighted by Gasteiger charge is 2.21. The quantitative estimate of drug-likeness (QED) is 0.861. The van der Waals surface area contributed by atoms with Crippen LogP contribution in [-0.4, -0.2) is 34.2 Å². The van der Waals surface area contributed by atoms with Crippen LogP contribution in [0.4, 0.5) is 5.69 Å². The summed E-state index contributed by atoms with van der Waals surface area (Å²) in [5, 5.41) is 3.26. The van der Waals surface area contributed by atoms with Crippen molar-refractivity contribution in [2.24, 2.45) is 0 Å². The third-order valence-corrected chi connectivity index (χ3v) is 4.72. The van der Waals surface area contributed by atoms with Gasteiger partial charge in [0.15, 0.2) is 0 Å². The number of ether oxygens (including phenoxy) is 1. The minimum atomic E-state index is -3.36. The van der Waals surface area contributed by atoms with Crippen molar-refractivity contribution in [3.05, 3.63) is 24.3 Å². The van der Waals surface area contributed by atoms with Gasteiger partial charge in [-0.15, -0.1) is 0 Å². The zero-order chi connectivity index (χ0) is 13.9. The molecule has 1 aromatic carbocycles. The second-order valence-electron chi connectivity index (χ2n) is 4.76. The molecule has 0 aromatic heterocycles. The summed E-state index contributed by atoms with van der Waals surface area (Å²) in [5.74, 6) is 0. The Morgan fingerprint density at radius 3 is 2.47 bits per heavy atom. The molecule has 0 radical (unpaired) electrons. The molecule has 5 nitrogen and oxygen atoms in total. The Morgan fingerprint density at radius 1 is 1.26 bits per heavy atom. The molecule has 1 fully saturated rings. The molecule has 6 heteroatoms. The van der Waals surface area contributed by atoms with Gasteiger partial charge < -0.3 is 10.1 Å². The van der Waals surface area contributed by atoms with Gasteiger partial charge in [0, 0.05) is 12.2 Å². The summed E-state index contributed by atoms with van der Waals surface area (Å²) in [5.41, 5.74) is 0.901. The zero-order valence-electron chi connectivity index (χ0n) is 11.2. The summed E-state index contributed by atoms with van der Waals surface area (Å²) < 4.78 is 31.1. The van der Waals surface area contributed by atoms with Gasteiger partial charge in [-0.05, 0) is 51.1 Å². The first-order valence-corrected chi connectivity index (χ1v) is 7.92. The fraction of sp³-hybridized carbons (Fsp3) is 0.538. The van der Waals surface area contributed by atoms with Gasteiger partial charge in [0.05, 0.1) is 17.1 Å². The molecule has 2 rings (SSSR count). The van der Waals surface area contributed by atoms with Crippen LogP contribution >= 0.6 is 0 Å². The van der Waals surface area contributed by atoms with Crippen LogP contribution in [-0.2, 0) is 14.8 Å². The second kappa shape index (κ2) is 5.90. The van der Waals surface area contributed by atoms with Crippen LogP contribution in [0.1, 0.15) is 19.8 Å². The Kier molecular flexibility index (Phi) is 4.44. The number of nitrogens with one attached hydrogen (secondary N) is 2. The molecule has 1 aromatic rings. The smallest absolute Gasteiger partial charge is 0.240 e. The van der Waals surface area contributed by atoms with Crippen molar-refractivity contribution in [2.75, 3.05) is 18.9 Å². The molecule has 1 heterocycles. The van der Waals surface area contributed by atoms with Crippen LogP contribution < -0.4 is 10.0 Å². The van der Waals surface area contributed by atoms with Gasteiger partial charge in [-0.1, -0.05) is 0 Å².